The third-order valence-corrected chi connectivity index (χ3v) is 4.91. The third kappa shape index (κ3) is 5.31. The fourth-order valence-electron chi connectivity index (χ4n) is 3.08. The van der Waals surface area contributed by atoms with E-state index in [-0.39, 0.29) is 23.7 Å². The van der Waals surface area contributed by atoms with Gasteiger partial charge in [-0.05, 0) is 48.6 Å². The first-order valence-electron chi connectivity index (χ1n) is 9.77. The maximum atomic E-state index is 12.7. The maximum Gasteiger partial charge on any atom is 0.305 e. The Balaban J connectivity index is 1.63. The average Bonchev–Trinajstić information content (AvgIpc) is 3.55. The summed E-state index contributed by atoms with van der Waals surface area (Å²) in [4.78, 5) is 36.0. The molecule has 1 aliphatic carbocycles. The summed E-state index contributed by atoms with van der Waals surface area (Å²) in [5.41, 5.74) is 1.03. The lowest BCUT2D eigenvalue weighted by Gasteiger charge is -2.13. The number of hydrogen-bond acceptors (Lipinski definition) is 4. The summed E-state index contributed by atoms with van der Waals surface area (Å²) in [5, 5.41) is 7.78. The van der Waals surface area contributed by atoms with E-state index < -0.39 is 0 Å². The van der Waals surface area contributed by atoms with Crippen LogP contribution in [0, 0.1) is 5.92 Å². The number of esters is 1. The van der Waals surface area contributed by atoms with Crippen molar-refractivity contribution in [3.63, 3.8) is 0 Å². The largest absolute Gasteiger partial charge is 0.469 e. The van der Waals surface area contributed by atoms with E-state index in [1.165, 1.54) is 7.11 Å². The number of nitrogens with one attached hydrogen (secondary N) is 2. The van der Waals surface area contributed by atoms with E-state index in [1.54, 1.807) is 0 Å². The number of ether oxygens (including phenoxy) is 1. The summed E-state index contributed by atoms with van der Waals surface area (Å²) < 4.78 is 4.61. The molecular weight excluding hydrogens is 356 g/mol. The molecule has 6 heteroatoms. The first-order valence-corrected chi connectivity index (χ1v) is 9.77. The van der Waals surface area contributed by atoms with Crippen molar-refractivity contribution >= 4 is 34.2 Å². The Bertz CT molecular complexity index is 874. The Morgan fingerprint density at radius 1 is 1.04 bits per heavy atom. The van der Waals surface area contributed by atoms with E-state index in [1.807, 2.05) is 36.4 Å². The molecule has 0 radical (unpaired) electrons. The van der Waals surface area contributed by atoms with Gasteiger partial charge in [-0.25, -0.2) is 0 Å². The van der Waals surface area contributed by atoms with Gasteiger partial charge in [0.25, 0.3) is 5.91 Å². The monoisotopic (exact) mass is 382 g/mol. The normalized spacial score (nSPS) is 13.2. The van der Waals surface area contributed by atoms with Crippen LogP contribution in [0.15, 0.2) is 36.4 Å². The van der Waals surface area contributed by atoms with Gasteiger partial charge in [0.15, 0.2) is 0 Å². The molecular formula is C22H26N2O4. The average molecular weight is 382 g/mol. The highest BCUT2D eigenvalue weighted by Gasteiger charge is 2.30. The molecule has 2 aromatic carbocycles. The van der Waals surface area contributed by atoms with Crippen molar-refractivity contribution < 1.29 is 19.1 Å². The van der Waals surface area contributed by atoms with Crippen LogP contribution >= 0.6 is 0 Å². The second-order valence-electron chi connectivity index (χ2n) is 7.15. The van der Waals surface area contributed by atoms with Crippen molar-refractivity contribution in [2.24, 2.45) is 5.92 Å². The fourth-order valence-corrected chi connectivity index (χ4v) is 3.08. The number of methoxy groups -OCH3 is 1. The lowest BCUT2D eigenvalue weighted by atomic mass is 10.0. The number of hydrogen-bond donors (Lipinski definition) is 2. The molecule has 0 bridgehead atoms. The SMILES string of the molecule is COC(=O)CCCCCNC(=O)c1cc2ccccc2cc1NC(=O)C1CC1. The first kappa shape index (κ1) is 19.9. The van der Waals surface area contributed by atoms with Crippen LogP contribution in [0.25, 0.3) is 10.8 Å². The number of rotatable bonds is 9. The summed E-state index contributed by atoms with van der Waals surface area (Å²) in [6.07, 6.45) is 4.56. The highest BCUT2D eigenvalue weighted by molar-refractivity contribution is 6.08. The summed E-state index contributed by atoms with van der Waals surface area (Å²) in [5.74, 6) is -0.370. The predicted octanol–water partition coefficient (Wildman–Crippen LogP) is 3.65. The van der Waals surface area contributed by atoms with Crippen molar-refractivity contribution in [3.05, 3.63) is 42.0 Å². The van der Waals surface area contributed by atoms with Gasteiger partial charge in [0.05, 0.1) is 18.4 Å². The number of fused-ring (bicyclic) bond motifs is 1. The van der Waals surface area contributed by atoms with Gasteiger partial charge >= 0.3 is 5.97 Å². The van der Waals surface area contributed by atoms with E-state index in [4.69, 9.17) is 0 Å². The first-order chi connectivity index (χ1) is 13.6. The molecule has 0 heterocycles. The van der Waals surface area contributed by atoms with Crippen molar-refractivity contribution in [2.75, 3.05) is 19.0 Å². The van der Waals surface area contributed by atoms with E-state index >= 15 is 0 Å². The molecule has 1 fully saturated rings. The number of carbonyl (C=O) groups is 3. The Kier molecular flexibility index (Phi) is 6.63. The van der Waals surface area contributed by atoms with Crippen LogP contribution in [0.4, 0.5) is 5.69 Å². The molecule has 3 rings (SSSR count). The summed E-state index contributed by atoms with van der Waals surface area (Å²) >= 11 is 0. The van der Waals surface area contributed by atoms with Crippen LogP contribution < -0.4 is 10.6 Å². The third-order valence-electron chi connectivity index (χ3n) is 4.91. The molecule has 0 spiro atoms. The van der Waals surface area contributed by atoms with E-state index in [0.29, 0.717) is 24.2 Å². The van der Waals surface area contributed by atoms with Crippen molar-refractivity contribution in [1.82, 2.24) is 5.32 Å². The van der Waals surface area contributed by atoms with Crippen LogP contribution in [-0.2, 0) is 14.3 Å². The highest BCUT2D eigenvalue weighted by Crippen LogP contribution is 2.32. The minimum Gasteiger partial charge on any atom is -0.469 e. The molecule has 0 aliphatic heterocycles. The quantitative estimate of drug-likeness (QED) is 0.512. The van der Waals surface area contributed by atoms with E-state index in [0.717, 1.165) is 42.9 Å². The van der Waals surface area contributed by atoms with Gasteiger partial charge in [0.2, 0.25) is 5.91 Å². The lowest BCUT2D eigenvalue weighted by Crippen LogP contribution is -2.26. The molecule has 1 aliphatic rings. The molecule has 6 nitrogen and oxygen atoms in total. The standard InChI is InChI=1S/C22H26N2O4/c1-28-20(25)9-3-2-6-12-23-22(27)18-13-16-7-4-5-8-17(16)14-19(18)24-21(26)15-10-11-15/h4-5,7-8,13-15H,2-3,6,9-12H2,1H3,(H,23,27)(H,24,26). The van der Waals surface area contributed by atoms with Gasteiger partial charge in [-0.15, -0.1) is 0 Å². The number of carbonyl (C=O) groups excluding carboxylic acids is 3. The number of unbranched alkanes of at least 4 members (excludes halogenated alkanes) is 2. The van der Waals surface area contributed by atoms with Gasteiger partial charge in [-0.3, -0.25) is 14.4 Å². The second kappa shape index (κ2) is 9.35. The molecule has 0 atom stereocenters. The molecule has 148 valence electrons. The van der Waals surface area contributed by atoms with Gasteiger partial charge in [-0.2, -0.15) is 0 Å². The van der Waals surface area contributed by atoms with Crippen LogP contribution in [0.2, 0.25) is 0 Å². The smallest absolute Gasteiger partial charge is 0.305 e. The molecule has 28 heavy (non-hydrogen) atoms. The Morgan fingerprint density at radius 2 is 1.75 bits per heavy atom. The van der Waals surface area contributed by atoms with Crippen LogP contribution in [-0.4, -0.2) is 31.4 Å². The summed E-state index contributed by atoms with van der Waals surface area (Å²) in [7, 11) is 1.38. The second-order valence-corrected chi connectivity index (χ2v) is 7.15. The van der Waals surface area contributed by atoms with Crippen LogP contribution in [0.3, 0.4) is 0 Å². The molecule has 2 aromatic rings. The molecule has 2 amide bonds. The van der Waals surface area contributed by atoms with E-state index in [2.05, 4.69) is 15.4 Å². The molecule has 2 N–H and O–H groups in total. The lowest BCUT2D eigenvalue weighted by molar-refractivity contribution is -0.140. The Morgan fingerprint density at radius 3 is 2.43 bits per heavy atom. The fraction of sp³-hybridized carbons (Fsp3) is 0.409. The molecule has 0 saturated heterocycles. The predicted molar refractivity (Wildman–Crippen MR) is 108 cm³/mol. The molecule has 0 aromatic heterocycles. The molecule has 1 saturated carbocycles. The zero-order valence-electron chi connectivity index (χ0n) is 16.1. The Hall–Kier alpha value is -2.89. The van der Waals surface area contributed by atoms with Crippen LogP contribution in [0.5, 0.6) is 0 Å². The van der Waals surface area contributed by atoms with Crippen molar-refractivity contribution in [1.29, 1.82) is 0 Å². The highest BCUT2D eigenvalue weighted by atomic mass is 16.5. The topological polar surface area (TPSA) is 84.5 Å². The molecule has 0 unspecified atom stereocenters. The number of amides is 2. The number of benzene rings is 2. The maximum absolute atomic E-state index is 12.7. The van der Waals surface area contributed by atoms with Crippen molar-refractivity contribution in [2.45, 2.75) is 38.5 Å². The summed E-state index contributed by atoms with van der Waals surface area (Å²) in [6.45, 7) is 0.517. The zero-order chi connectivity index (χ0) is 19.9. The van der Waals surface area contributed by atoms with Crippen LogP contribution in [0.1, 0.15) is 48.9 Å². The van der Waals surface area contributed by atoms with Gasteiger partial charge in [-0.1, -0.05) is 30.7 Å². The van der Waals surface area contributed by atoms with E-state index in [9.17, 15) is 14.4 Å². The minimum absolute atomic E-state index is 0.0212. The zero-order valence-corrected chi connectivity index (χ0v) is 16.1. The number of anilines is 1. The minimum atomic E-state index is -0.212. The van der Waals surface area contributed by atoms with Gasteiger partial charge in [0.1, 0.15) is 0 Å². The Labute approximate surface area is 164 Å². The van der Waals surface area contributed by atoms with Gasteiger partial charge in [0, 0.05) is 18.9 Å². The summed E-state index contributed by atoms with van der Waals surface area (Å²) in [6, 6.07) is 11.5. The van der Waals surface area contributed by atoms with Gasteiger partial charge < -0.3 is 15.4 Å². The van der Waals surface area contributed by atoms with Crippen molar-refractivity contribution in [3.8, 4) is 0 Å².